The number of hydrogen-bond acceptors (Lipinski definition) is 29. The molecule has 5 aromatic carbocycles. The van der Waals surface area contributed by atoms with Crippen LogP contribution in [0.4, 0.5) is 0 Å². The van der Waals surface area contributed by atoms with Gasteiger partial charge in [-0.3, -0.25) is 20.2 Å². The monoisotopic (exact) mass is 1860 g/mol. The Bertz CT molecular complexity index is 3800. The van der Waals surface area contributed by atoms with E-state index in [0.29, 0.717) is 139 Å². The molecule has 10 rings (SSSR count). The largest absolute Gasteiger partial charge is 0.744 e. The highest BCUT2D eigenvalue weighted by molar-refractivity contribution is 9.10. The lowest BCUT2D eigenvalue weighted by Gasteiger charge is -2.21. The predicted octanol–water partition coefficient (Wildman–Crippen LogP) is 19.8. The van der Waals surface area contributed by atoms with Gasteiger partial charge in [0.25, 0.3) is 0 Å². The fourth-order valence-corrected chi connectivity index (χ4v) is 18.2. The van der Waals surface area contributed by atoms with Crippen molar-refractivity contribution in [2.75, 3.05) is 33.0 Å². The maximum atomic E-state index is 12.2. The fraction of sp³-hybridized carbons (Fsp3) is 0.527. The van der Waals surface area contributed by atoms with E-state index in [1.807, 2.05) is 0 Å². The Labute approximate surface area is 712 Å². The van der Waals surface area contributed by atoms with E-state index in [4.69, 9.17) is 105 Å². The van der Waals surface area contributed by atoms with Crippen molar-refractivity contribution in [1.82, 2.24) is 0 Å². The third-order valence-corrected chi connectivity index (χ3v) is 25.5. The molecule has 5 aliphatic rings. The second kappa shape index (κ2) is 54.8. The zero-order valence-corrected chi connectivity index (χ0v) is 71.6. The minimum Gasteiger partial charge on any atom is -0.744 e. The average Bonchev–Trinajstić information content (AvgIpc) is 0.817. The Morgan fingerprint density at radius 3 is 1.21 bits per heavy atom. The number of rotatable bonds is 32. The van der Waals surface area contributed by atoms with Crippen molar-refractivity contribution < 1.29 is 119 Å². The van der Waals surface area contributed by atoms with Gasteiger partial charge in [0.2, 0.25) is 0 Å². The summed E-state index contributed by atoms with van der Waals surface area (Å²) in [6, 6.07) is 17.1. The van der Waals surface area contributed by atoms with Gasteiger partial charge in [0.15, 0.2) is 0 Å². The summed E-state index contributed by atoms with van der Waals surface area (Å²) in [4.78, 5) is 61.4. The van der Waals surface area contributed by atoms with Crippen LogP contribution in [0.3, 0.4) is 0 Å². The lowest BCUT2D eigenvalue weighted by molar-refractivity contribution is -0.777. The molecule has 5 aliphatic carbocycles. The van der Waals surface area contributed by atoms with Crippen molar-refractivity contribution in [3.63, 3.8) is 0 Å². The van der Waals surface area contributed by atoms with Crippen LogP contribution in [0.2, 0.25) is 35.2 Å². The number of carbonyl (C=O) groups excluding carboxylic acids is 5. The number of halogens is 8. The highest BCUT2D eigenvalue weighted by Gasteiger charge is 2.26. The number of ether oxygens (including phenoxy) is 5. The number of hydrogen-bond donors (Lipinski definition) is 0. The lowest BCUT2D eigenvalue weighted by Crippen LogP contribution is -2.18. The summed E-state index contributed by atoms with van der Waals surface area (Å²) in [5, 5.41) is 53.7. The molecule has 0 heterocycles. The minimum atomic E-state index is -4.73. The van der Waals surface area contributed by atoms with Gasteiger partial charge >= 0.3 is 29.8 Å². The van der Waals surface area contributed by atoms with Gasteiger partial charge in [-0.05, 0) is 141 Å². The molecule has 5 saturated carbocycles. The van der Waals surface area contributed by atoms with Crippen molar-refractivity contribution in [1.29, 1.82) is 0 Å². The second-order valence-corrected chi connectivity index (χ2v) is 34.8. The van der Waals surface area contributed by atoms with E-state index in [1.54, 1.807) is 12.1 Å². The SMILES string of the molecule is O=C(OCC1CCCCC1)c1ccc(Br)cc1S(=O)(=O)[O-].O=C(OCCC1CCCCC1)c1c(Cl)cc(SOO[O-])cc1Cl.O=C(OCCC1CCCCC1)c1cc(Cl)c(SOO[O-])c(Cl)c1.O=C(OCCC1CCCCC1)c1cc(SOO[O-])c(Cl)cc1Cl.O=C(OCCC1CCCCC1)c1ccc(SOO[O-])c(Cl)c1. The first-order valence-electron chi connectivity index (χ1n) is 36.3. The minimum absolute atomic E-state index is 0.115. The zero-order chi connectivity index (χ0) is 81.2. The van der Waals surface area contributed by atoms with Gasteiger partial charge in [-0.25, -0.2) is 32.4 Å². The molecule has 5 aromatic rings. The van der Waals surface area contributed by atoms with Crippen molar-refractivity contribution in [2.24, 2.45) is 29.6 Å². The molecule has 0 radical (unpaired) electrons. The zero-order valence-electron chi connectivity index (χ0n) is 60.6. The second-order valence-electron chi connectivity index (χ2n) is 26.7. The molecule has 0 unspecified atom stereocenters. The molecule has 5 fully saturated rings. The van der Waals surface area contributed by atoms with E-state index in [2.05, 4.69) is 53.4 Å². The molecule has 0 atom stereocenters. The third kappa shape index (κ3) is 36.2. The van der Waals surface area contributed by atoms with E-state index in [1.165, 1.54) is 189 Å². The molecule has 0 amide bonds. The molecule has 0 aliphatic heterocycles. The molecular formula is C74H85BrCl7O25S5-5. The van der Waals surface area contributed by atoms with E-state index in [9.17, 15) is 58.0 Å². The van der Waals surface area contributed by atoms with Crippen LogP contribution in [0.15, 0.2) is 102 Å². The van der Waals surface area contributed by atoms with Crippen molar-refractivity contribution >= 4 is 185 Å². The van der Waals surface area contributed by atoms with Crippen LogP contribution in [0.5, 0.6) is 0 Å². The first-order chi connectivity index (χ1) is 53.9. The van der Waals surface area contributed by atoms with Crippen LogP contribution in [0, 0.1) is 29.6 Å². The van der Waals surface area contributed by atoms with Crippen LogP contribution < -0.4 is 21.0 Å². The van der Waals surface area contributed by atoms with Crippen molar-refractivity contribution in [3.05, 3.63) is 140 Å². The summed E-state index contributed by atoms with van der Waals surface area (Å²) >= 11 is 47.7. The van der Waals surface area contributed by atoms with E-state index >= 15 is 0 Å². The molecule has 0 saturated heterocycles. The summed E-state index contributed by atoms with van der Waals surface area (Å²) in [5.74, 6) is 0.211. The van der Waals surface area contributed by atoms with Crippen molar-refractivity contribution in [2.45, 2.75) is 211 Å². The molecule has 0 bridgehead atoms. The Balaban J connectivity index is 0.000000218. The maximum absolute atomic E-state index is 12.2. The Morgan fingerprint density at radius 2 is 0.759 bits per heavy atom. The van der Waals surface area contributed by atoms with Crippen LogP contribution in [-0.4, -0.2) is 75.9 Å². The highest BCUT2D eigenvalue weighted by Crippen LogP contribution is 2.39. The topological polar surface area (TPSA) is 355 Å². The molecule has 112 heavy (non-hydrogen) atoms. The predicted molar refractivity (Wildman–Crippen MR) is 418 cm³/mol. The van der Waals surface area contributed by atoms with Gasteiger partial charge in [-0.1, -0.05) is 245 Å². The summed E-state index contributed by atoms with van der Waals surface area (Å²) < 4.78 is 77.3. The summed E-state index contributed by atoms with van der Waals surface area (Å²) in [7, 11) is -4.73. The Morgan fingerprint density at radius 1 is 0.375 bits per heavy atom. The molecule has 0 spiro atoms. The molecule has 622 valence electrons. The van der Waals surface area contributed by atoms with E-state index < -0.39 is 44.9 Å². The Kier molecular flexibility index (Phi) is 47.8. The van der Waals surface area contributed by atoms with Crippen molar-refractivity contribution in [3.8, 4) is 0 Å². The maximum Gasteiger partial charge on any atom is 0.341 e. The highest BCUT2D eigenvalue weighted by atomic mass is 79.9. The van der Waals surface area contributed by atoms with E-state index in [0.717, 1.165) is 57.4 Å². The van der Waals surface area contributed by atoms with Gasteiger partial charge in [-0.2, -0.15) is 17.3 Å². The number of esters is 5. The summed E-state index contributed by atoms with van der Waals surface area (Å²) in [6.45, 7) is 1.82. The smallest absolute Gasteiger partial charge is 0.341 e. The summed E-state index contributed by atoms with van der Waals surface area (Å²) in [5.41, 5.74) is 0.724. The van der Waals surface area contributed by atoms with Crippen LogP contribution >= 0.6 is 145 Å². The van der Waals surface area contributed by atoms with Gasteiger partial charge < -0.3 is 49.3 Å². The van der Waals surface area contributed by atoms with Gasteiger partial charge in [0.1, 0.15) is 10.1 Å². The third-order valence-electron chi connectivity index (χ3n) is 19.0. The van der Waals surface area contributed by atoms with Crippen LogP contribution in [0.25, 0.3) is 0 Å². The molecule has 25 nitrogen and oxygen atoms in total. The molecule has 0 N–H and O–H groups in total. The first-order valence-corrected chi connectivity index (χ1v) is 44.1. The van der Waals surface area contributed by atoms with Crippen LogP contribution in [0.1, 0.15) is 238 Å². The first kappa shape index (κ1) is 97.6. The van der Waals surface area contributed by atoms with Crippen LogP contribution in [-0.2, 0) is 71.3 Å². The lowest BCUT2D eigenvalue weighted by atomic mass is 9.87. The van der Waals surface area contributed by atoms with E-state index in [-0.39, 0.29) is 59.0 Å². The normalized spacial score (nSPS) is 15.8. The molecule has 38 heteroatoms. The molecular weight excluding hydrogens is 1780 g/mol. The summed E-state index contributed by atoms with van der Waals surface area (Å²) in [6.07, 6.45) is 34.0. The van der Waals surface area contributed by atoms with Gasteiger partial charge in [0, 0.05) is 9.37 Å². The number of carbonyl (C=O) groups is 5. The fourth-order valence-electron chi connectivity index (χ4n) is 13.2. The standard InChI is InChI=1S/3C15H18Cl2O5S.C15H19ClO5S.C14H17BrO5S/c16-12-9-13(17)14(23-22-21-19)8-11(12)15(18)20-7-6-10-4-2-1-3-5-10;16-12-8-11(23-22-21-19)9-13(17)14(12)15(18)20-7-6-10-4-2-1-3-5-10;16-12-8-11(9-13(17)14(12)23-22-21-19)15(18)20-7-6-10-4-2-1-3-5-10;16-13-10-12(6-7-14(13)22-21-20-18)15(17)19-9-8-11-4-2-1-3-5-11;15-11-6-7-12(13(8-11)21(17,18)19)14(16)20-9-10-4-2-1-3-5-10/h3*8-10,19H,1-7H2;6-7,10-11,18H,1-5,8-9H2;6-8,10H,1-5,9H2,(H,17,18,19)/p-5. The molecule has 0 aromatic heterocycles. The number of benzene rings is 5. The Hall–Kier alpha value is -3.21. The van der Waals surface area contributed by atoms with Gasteiger partial charge in [0.05, 0.1) is 164 Å². The van der Waals surface area contributed by atoms with Gasteiger partial charge in [-0.15, -0.1) is 0 Å². The average molecular weight is 1860 g/mol. The quantitative estimate of drug-likeness (QED) is 0.00963.